The van der Waals surface area contributed by atoms with Gasteiger partial charge in [-0.05, 0) is 37.1 Å². The lowest BCUT2D eigenvalue weighted by molar-refractivity contribution is 0.508. The van der Waals surface area contributed by atoms with Crippen LogP contribution in [0.15, 0.2) is 58.7 Å². The van der Waals surface area contributed by atoms with Crippen molar-refractivity contribution in [2.24, 2.45) is 0 Å². The van der Waals surface area contributed by atoms with Crippen molar-refractivity contribution in [1.29, 1.82) is 0 Å². The third kappa shape index (κ3) is 3.31. The predicted molar refractivity (Wildman–Crippen MR) is 104 cm³/mol. The molecule has 28 heavy (non-hydrogen) atoms. The van der Waals surface area contributed by atoms with Gasteiger partial charge in [-0.3, -0.25) is 13.8 Å². The van der Waals surface area contributed by atoms with Gasteiger partial charge in [-0.15, -0.1) is 10.2 Å². The zero-order chi connectivity index (χ0) is 19.8. The van der Waals surface area contributed by atoms with Gasteiger partial charge in [-0.2, -0.15) is 0 Å². The van der Waals surface area contributed by atoms with Crippen LogP contribution in [0.25, 0.3) is 11.3 Å². The summed E-state index contributed by atoms with van der Waals surface area (Å²) in [6.07, 6.45) is 3.14. The van der Waals surface area contributed by atoms with E-state index >= 15 is 0 Å². The Balaban J connectivity index is 1.67. The molecule has 0 N–H and O–H groups in total. The molecule has 0 saturated heterocycles. The van der Waals surface area contributed by atoms with E-state index in [1.165, 1.54) is 45.3 Å². The Labute approximate surface area is 163 Å². The molecule has 0 atom stereocenters. The van der Waals surface area contributed by atoms with E-state index in [1.807, 2.05) is 6.92 Å². The summed E-state index contributed by atoms with van der Waals surface area (Å²) in [6, 6.07) is 9.56. The second kappa shape index (κ2) is 7.20. The number of hydrogen-bond acceptors (Lipinski definition) is 4. The van der Waals surface area contributed by atoms with Gasteiger partial charge in [-0.25, -0.2) is 8.78 Å². The fourth-order valence-corrected chi connectivity index (χ4v) is 3.88. The minimum atomic E-state index is -1.02. The highest BCUT2D eigenvalue weighted by Crippen LogP contribution is 2.24. The van der Waals surface area contributed by atoms with Crippen LogP contribution >= 0.6 is 11.8 Å². The molecule has 0 aliphatic heterocycles. The van der Waals surface area contributed by atoms with E-state index in [0.29, 0.717) is 10.9 Å². The van der Waals surface area contributed by atoms with Gasteiger partial charge in [0.1, 0.15) is 0 Å². The van der Waals surface area contributed by atoms with Gasteiger partial charge < -0.3 is 0 Å². The maximum absolute atomic E-state index is 13.5. The molecule has 4 aromatic rings. The topological polar surface area (TPSA) is 52.2 Å². The van der Waals surface area contributed by atoms with Crippen molar-refractivity contribution in [2.45, 2.75) is 24.8 Å². The maximum Gasteiger partial charge on any atom is 0.300 e. The molecule has 142 valence electrons. The van der Waals surface area contributed by atoms with E-state index in [1.54, 1.807) is 10.6 Å². The number of nitrogens with zero attached hydrogens (tertiary/aromatic N) is 4. The van der Waals surface area contributed by atoms with Crippen molar-refractivity contribution >= 4 is 17.4 Å². The molecular formula is C20H16F2N4OS. The van der Waals surface area contributed by atoms with Gasteiger partial charge in [0.25, 0.3) is 0 Å². The average Bonchev–Trinajstić information content (AvgIpc) is 3.09. The predicted octanol–water partition coefficient (Wildman–Crippen LogP) is 4.07. The first-order valence-corrected chi connectivity index (χ1v) is 9.53. The Morgan fingerprint density at radius 1 is 1.00 bits per heavy atom. The summed E-state index contributed by atoms with van der Waals surface area (Å²) in [6.45, 7) is 4.10. The summed E-state index contributed by atoms with van der Waals surface area (Å²) < 4.78 is 29.5. The van der Waals surface area contributed by atoms with Crippen LogP contribution in [0.3, 0.4) is 0 Å². The highest BCUT2D eigenvalue weighted by Gasteiger charge is 2.13. The van der Waals surface area contributed by atoms with E-state index in [-0.39, 0.29) is 11.3 Å². The average molecular weight is 398 g/mol. The fraction of sp³-hybridized carbons (Fsp3) is 0.150. The minimum Gasteiger partial charge on any atom is -0.279 e. The van der Waals surface area contributed by atoms with Crippen LogP contribution in [0.2, 0.25) is 0 Å². The Morgan fingerprint density at radius 3 is 2.61 bits per heavy atom. The number of halogens is 2. The number of thioether (sulfide) groups is 1. The number of fused-ring (bicyclic) bond motifs is 1. The molecule has 0 radical (unpaired) electrons. The second-order valence-electron chi connectivity index (χ2n) is 6.47. The molecule has 0 saturated carbocycles. The maximum atomic E-state index is 13.5. The van der Waals surface area contributed by atoms with Crippen LogP contribution in [0.4, 0.5) is 8.78 Å². The Morgan fingerprint density at radius 2 is 1.82 bits per heavy atom. The first kappa shape index (κ1) is 18.4. The van der Waals surface area contributed by atoms with Crippen molar-refractivity contribution < 1.29 is 8.78 Å². The van der Waals surface area contributed by atoms with Gasteiger partial charge in [0.05, 0.1) is 5.69 Å². The van der Waals surface area contributed by atoms with Gasteiger partial charge in [-0.1, -0.05) is 35.5 Å². The first-order valence-electron chi connectivity index (χ1n) is 8.55. The molecule has 0 aliphatic rings. The molecule has 0 amide bonds. The van der Waals surface area contributed by atoms with Crippen molar-refractivity contribution in [3.63, 3.8) is 0 Å². The molecule has 2 heterocycles. The highest BCUT2D eigenvalue weighted by molar-refractivity contribution is 7.98. The molecule has 0 unspecified atom stereocenters. The Hall–Kier alpha value is -3.00. The third-order valence-corrected chi connectivity index (χ3v) is 5.47. The summed E-state index contributed by atoms with van der Waals surface area (Å²) in [5.74, 6) is -1.29. The van der Waals surface area contributed by atoms with E-state index in [2.05, 4.69) is 35.3 Å². The smallest absolute Gasteiger partial charge is 0.279 e. The molecule has 0 bridgehead atoms. The molecule has 0 fully saturated rings. The van der Waals surface area contributed by atoms with Crippen molar-refractivity contribution in [2.75, 3.05) is 0 Å². The van der Waals surface area contributed by atoms with Crippen LogP contribution in [0, 0.1) is 25.5 Å². The molecule has 8 heteroatoms. The van der Waals surface area contributed by atoms with Crippen LogP contribution < -0.4 is 5.56 Å². The van der Waals surface area contributed by atoms with Crippen LogP contribution in [0.5, 0.6) is 0 Å². The van der Waals surface area contributed by atoms with Crippen molar-refractivity contribution in [1.82, 2.24) is 19.2 Å². The van der Waals surface area contributed by atoms with E-state index in [4.69, 9.17) is 0 Å². The zero-order valence-corrected chi connectivity index (χ0v) is 16.0. The van der Waals surface area contributed by atoms with Gasteiger partial charge in [0.15, 0.2) is 16.8 Å². The first-order chi connectivity index (χ1) is 13.4. The molecule has 4 rings (SSSR count). The van der Waals surface area contributed by atoms with Crippen LogP contribution in [-0.2, 0) is 5.75 Å². The summed E-state index contributed by atoms with van der Waals surface area (Å²) in [5.41, 5.74) is 3.44. The summed E-state index contributed by atoms with van der Waals surface area (Å²) in [4.78, 5) is 12.7. The number of benzene rings is 2. The zero-order valence-electron chi connectivity index (χ0n) is 15.2. The van der Waals surface area contributed by atoms with Gasteiger partial charge in [0.2, 0.25) is 5.65 Å². The second-order valence-corrected chi connectivity index (χ2v) is 7.41. The third-order valence-electron chi connectivity index (χ3n) is 4.48. The van der Waals surface area contributed by atoms with Crippen LogP contribution in [0.1, 0.15) is 16.7 Å². The molecule has 2 aromatic carbocycles. The highest BCUT2D eigenvalue weighted by atomic mass is 32.2. The Bertz CT molecular complexity index is 1250. The summed E-state index contributed by atoms with van der Waals surface area (Å²) >= 11 is 1.48. The summed E-state index contributed by atoms with van der Waals surface area (Å²) in [5, 5.41) is 8.69. The molecule has 5 nitrogen and oxygen atoms in total. The SMILES string of the molecule is Cc1ccc(C)c(CSc2nnc3c(=O)n(-c4ccc(F)c(F)c4)ccn23)c1. The lowest BCUT2D eigenvalue weighted by Crippen LogP contribution is -2.20. The van der Waals surface area contributed by atoms with E-state index < -0.39 is 17.2 Å². The molecular weight excluding hydrogens is 382 g/mol. The standard InChI is InChI=1S/C20H16F2N4OS/c1-12-3-4-13(2)14(9-12)11-28-20-24-23-18-19(27)25(7-8-26(18)20)15-5-6-16(21)17(22)10-15/h3-10H,11H2,1-2H3. The van der Waals surface area contributed by atoms with E-state index in [9.17, 15) is 13.6 Å². The van der Waals surface area contributed by atoms with Gasteiger partial charge in [0, 0.05) is 24.2 Å². The van der Waals surface area contributed by atoms with Crippen molar-refractivity contribution in [3.8, 4) is 5.69 Å². The normalized spacial score (nSPS) is 11.3. The van der Waals surface area contributed by atoms with E-state index in [0.717, 1.165) is 12.1 Å². The number of aromatic nitrogens is 4. The van der Waals surface area contributed by atoms with Crippen molar-refractivity contribution in [3.05, 3.63) is 87.5 Å². The monoisotopic (exact) mass is 398 g/mol. The lowest BCUT2D eigenvalue weighted by Gasteiger charge is -2.08. The number of aryl methyl sites for hydroxylation is 2. The quantitative estimate of drug-likeness (QED) is 0.487. The Kier molecular flexibility index (Phi) is 4.72. The summed E-state index contributed by atoms with van der Waals surface area (Å²) in [7, 11) is 0. The number of rotatable bonds is 4. The van der Waals surface area contributed by atoms with Crippen LogP contribution in [-0.4, -0.2) is 19.2 Å². The molecule has 0 spiro atoms. The largest absolute Gasteiger partial charge is 0.300 e. The lowest BCUT2D eigenvalue weighted by atomic mass is 10.1. The van der Waals surface area contributed by atoms with Gasteiger partial charge >= 0.3 is 5.56 Å². The molecule has 0 aliphatic carbocycles. The fourth-order valence-electron chi connectivity index (χ4n) is 2.90. The molecule has 2 aromatic heterocycles. The minimum absolute atomic E-state index is 0.121. The number of hydrogen-bond donors (Lipinski definition) is 0.